The van der Waals surface area contributed by atoms with E-state index in [4.69, 9.17) is 4.74 Å². The maximum Gasteiger partial charge on any atom is 0.322 e. The quantitative estimate of drug-likeness (QED) is 0.773. The lowest BCUT2D eigenvalue weighted by Gasteiger charge is -2.43. The van der Waals surface area contributed by atoms with Crippen molar-refractivity contribution in [3.8, 4) is 5.75 Å². The van der Waals surface area contributed by atoms with E-state index in [1.807, 2.05) is 32.0 Å². The summed E-state index contributed by atoms with van der Waals surface area (Å²) in [5, 5.41) is 5.13. The van der Waals surface area contributed by atoms with Gasteiger partial charge in [-0.1, -0.05) is 22.9 Å². The first-order valence-corrected chi connectivity index (χ1v) is 7.30. The molecule has 106 valence electrons. The Balaban J connectivity index is 2.21. The van der Waals surface area contributed by atoms with Gasteiger partial charge in [0.15, 0.2) is 5.54 Å². The lowest BCUT2D eigenvalue weighted by Crippen LogP contribution is -2.54. The average Bonchev–Trinajstić information content (AvgIpc) is 2.66. The van der Waals surface area contributed by atoms with Gasteiger partial charge in [0.25, 0.3) is 5.91 Å². The van der Waals surface area contributed by atoms with Crippen LogP contribution in [0.2, 0.25) is 0 Å². The first kappa shape index (κ1) is 13.4. The van der Waals surface area contributed by atoms with Crippen LogP contribution in [-0.2, 0) is 10.3 Å². The summed E-state index contributed by atoms with van der Waals surface area (Å²) in [4.78, 5) is 24.0. The van der Waals surface area contributed by atoms with Gasteiger partial charge in [-0.15, -0.1) is 0 Å². The molecule has 1 aromatic rings. The Morgan fingerprint density at radius 1 is 1.40 bits per heavy atom. The molecule has 2 N–H and O–H groups in total. The van der Waals surface area contributed by atoms with Crippen LogP contribution in [0.4, 0.5) is 4.79 Å². The number of carbonyl (C=O) groups excluding carboxylic acids is 2. The van der Waals surface area contributed by atoms with Gasteiger partial charge in [0.2, 0.25) is 0 Å². The smallest absolute Gasteiger partial charge is 0.322 e. The van der Waals surface area contributed by atoms with E-state index in [0.717, 1.165) is 10.9 Å². The van der Waals surface area contributed by atoms with Crippen molar-refractivity contribution in [1.29, 1.82) is 0 Å². The number of urea groups is 1. The van der Waals surface area contributed by atoms with Gasteiger partial charge in [-0.25, -0.2) is 4.79 Å². The van der Waals surface area contributed by atoms with Gasteiger partial charge in [0.05, 0.1) is 0 Å². The molecule has 0 aromatic heterocycles. The average molecular weight is 339 g/mol. The van der Waals surface area contributed by atoms with E-state index in [0.29, 0.717) is 17.7 Å². The van der Waals surface area contributed by atoms with Crippen LogP contribution in [-0.4, -0.2) is 17.5 Å². The molecule has 2 aliphatic rings. The van der Waals surface area contributed by atoms with Crippen LogP contribution in [0.15, 0.2) is 22.7 Å². The van der Waals surface area contributed by atoms with Crippen LogP contribution in [0.1, 0.15) is 32.3 Å². The Kier molecular flexibility index (Phi) is 2.83. The molecule has 3 rings (SSSR count). The van der Waals surface area contributed by atoms with E-state index >= 15 is 0 Å². The molecule has 0 saturated carbocycles. The molecular formula is C14H15BrN2O3. The normalized spacial score (nSPS) is 31.6. The Labute approximate surface area is 125 Å². The molecule has 1 saturated heterocycles. The number of fused-ring (bicyclic) bond motifs is 2. The second-order valence-electron chi connectivity index (χ2n) is 5.54. The number of ether oxygens (including phenoxy) is 1. The predicted molar refractivity (Wildman–Crippen MR) is 76.4 cm³/mol. The first-order chi connectivity index (χ1) is 9.38. The molecule has 1 fully saturated rings. The Bertz CT molecular complexity index is 618. The summed E-state index contributed by atoms with van der Waals surface area (Å²) >= 11 is 3.40. The van der Waals surface area contributed by atoms with E-state index in [2.05, 4.69) is 26.6 Å². The van der Waals surface area contributed by atoms with Crippen LogP contribution in [0.5, 0.6) is 5.75 Å². The summed E-state index contributed by atoms with van der Waals surface area (Å²) in [5.74, 6) is 0.325. The fourth-order valence-electron chi connectivity index (χ4n) is 2.89. The predicted octanol–water partition coefficient (Wildman–Crippen LogP) is 2.44. The Morgan fingerprint density at radius 2 is 2.15 bits per heavy atom. The number of halogens is 1. The third kappa shape index (κ3) is 1.82. The Morgan fingerprint density at radius 3 is 2.75 bits per heavy atom. The van der Waals surface area contributed by atoms with Gasteiger partial charge in [0.1, 0.15) is 11.4 Å². The van der Waals surface area contributed by atoms with Crippen molar-refractivity contribution >= 4 is 27.9 Å². The fraction of sp³-hybridized carbons (Fsp3) is 0.429. The minimum atomic E-state index is -1.04. The van der Waals surface area contributed by atoms with E-state index < -0.39 is 17.2 Å². The molecule has 0 bridgehead atoms. The summed E-state index contributed by atoms with van der Waals surface area (Å²) in [6.45, 7) is 3.96. The molecule has 2 atom stereocenters. The second-order valence-corrected chi connectivity index (χ2v) is 6.45. The van der Waals surface area contributed by atoms with Crippen LogP contribution >= 0.6 is 15.9 Å². The standard InChI is InChI=1S/C14H15BrN2O3/c1-3-13(2)7-14(11(18)16-12(19)17-14)9-6-8(15)4-5-10(9)20-13/h4-6H,3,7H2,1-2H3,(H2,16,17,18,19). The molecule has 1 aromatic carbocycles. The maximum atomic E-state index is 12.4. The highest BCUT2D eigenvalue weighted by atomic mass is 79.9. The van der Waals surface area contributed by atoms with Gasteiger partial charge in [-0.2, -0.15) is 0 Å². The molecule has 6 heteroatoms. The third-order valence-electron chi connectivity index (χ3n) is 4.09. The van der Waals surface area contributed by atoms with E-state index in [9.17, 15) is 9.59 Å². The van der Waals surface area contributed by atoms with Crippen LogP contribution in [0.3, 0.4) is 0 Å². The van der Waals surface area contributed by atoms with Crippen LogP contribution in [0.25, 0.3) is 0 Å². The highest BCUT2D eigenvalue weighted by Crippen LogP contribution is 2.46. The monoisotopic (exact) mass is 338 g/mol. The summed E-state index contributed by atoms with van der Waals surface area (Å²) in [6, 6.07) is 5.06. The first-order valence-electron chi connectivity index (χ1n) is 6.51. The number of carbonyl (C=O) groups is 2. The minimum absolute atomic E-state index is 0.315. The molecule has 3 amide bonds. The summed E-state index contributed by atoms with van der Waals surface area (Å²) in [5.41, 5.74) is -0.837. The zero-order valence-corrected chi connectivity index (χ0v) is 12.8. The fourth-order valence-corrected chi connectivity index (χ4v) is 3.25. The second kappa shape index (κ2) is 4.22. The van der Waals surface area contributed by atoms with Crippen molar-refractivity contribution < 1.29 is 14.3 Å². The zero-order chi connectivity index (χ0) is 14.5. The number of benzene rings is 1. The Hall–Kier alpha value is -1.56. The van der Waals surface area contributed by atoms with Gasteiger partial charge in [0, 0.05) is 16.5 Å². The van der Waals surface area contributed by atoms with Crippen LogP contribution < -0.4 is 15.4 Å². The summed E-state index contributed by atoms with van der Waals surface area (Å²) < 4.78 is 6.88. The summed E-state index contributed by atoms with van der Waals surface area (Å²) in [7, 11) is 0. The van der Waals surface area contributed by atoms with Gasteiger partial charge < -0.3 is 10.1 Å². The number of hydrogen-bond donors (Lipinski definition) is 2. The van der Waals surface area contributed by atoms with E-state index in [1.54, 1.807) is 0 Å². The van der Waals surface area contributed by atoms with Crippen LogP contribution in [0, 0.1) is 0 Å². The summed E-state index contributed by atoms with van der Waals surface area (Å²) in [6.07, 6.45) is 1.16. The molecule has 2 heterocycles. The molecule has 0 radical (unpaired) electrons. The highest BCUT2D eigenvalue weighted by Gasteiger charge is 2.56. The number of imide groups is 1. The zero-order valence-electron chi connectivity index (χ0n) is 11.2. The topological polar surface area (TPSA) is 67.4 Å². The molecule has 2 unspecified atom stereocenters. The molecule has 1 spiro atoms. The number of amides is 3. The van der Waals surface area contributed by atoms with Crippen molar-refractivity contribution in [2.24, 2.45) is 0 Å². The van der Waals surface area contributed by atoms with Gasteiger partial charge in [-0.3, -0.25) is 10.1 Å². The van der Waals surface area contributed by atoms with E-state index in [-0.39, 0.29) is 5.91 Å². The largest absolute Gasteiger partial charge is 0.487 e. The van der Waals surface area contributed by atoms with E-state index in [1.165, 1.54) is 0 Å². The third-order valence-corrected chi connectivity index (χ3v) is 4.58. The highest BCUT2D eigenvalue weighted by molar-refractivity contribution is 9.10. The lowest BCUT2D eigenvalue weighted by molar-refractivity contribution is -0.127. The molecule has 5 nitrogen and oxygen atoms in total. The number of hydrogen-bond acceptors (Lipinski definition) is 3. The van der Waals surface area contributed by atoms with Crippen molar-refractivity contribution in [1.82, 2.24) is 10.6 Å². The van der Waals surface area contributed by atoms with Gasteiger partial charge in [-0.05, 0) is 31.5 Å². The SMILES string of the molecule is CCC1(C)CC2(NC(=O)NC2=O)c2cc(Br)ccc2O1. The molecule has 2 aliphatic heterocycles. The van der Waals surface area contributed by atoms with Crippen molar-refractivity contribution in [2.45, 2.75) is 37.8 Å². The number of nitrogens with one attached hydrogen (secondary N) is 2. The van der Waals surface area contributed by atoms with Crippen molar-refractivity contribution in [3.05, 3.63) is 28.2 Å². The lowest BCUT2D eigenvalue weighted by atomic mass is 9.76. The molecule has 20 heavy (non-hydrogen) atoms. The minimum Gasteiger partial charge on any atom is -0.487 e. The molecule has 0 aliphatic carbocycles. The van der Waals surface area contributed by atoms with Gasteiger partial charge >= 0.3 is 6.03 Å². The molecular weight excluding hydrogens is 324 g/mol. The van der Waals surface area contributed by atoms with Crippen molar-refractivity contribution in [2.75, 3.05) is 0 Å². The number of rotatable bonds is 1. The van der Waals surface area contributed by atoms with Crippen molar-refractivity contribution in [3.63, 3.8) is 0 Å². The maximum absolute atomic E-state index is 12.4.